The van der Waals surface area contributed by atoms with Crippen molar-refractivity contribution in [2.45, 2.75) is 38.6 Å². The number of nitrogens with zero attached hydrogens (tertiary/aromatic N) is 1. The van der Waals surface area contributed by atoms with Crippen LogP contribution in [0.15, 0.2) is 4.99 Å². The monoisotopic (exact) mass is 285 g/mol. The van der Waals surface area contributed by atoms with Gasteiger partial charge in [-0.2, -0.15) is 13.2 Å². The first-order valence-electron chi connectivity index (χ1n) is 5.12. The lowest BCUT2D eigenvalue weighted by molar-refractivity contribution is -0.258. The van der Waals surface area contributed by atoms with Crippen LogP contribution in [0.3, 0.4) is 0 Å². The molecule has 1 aliphatic heterocycles. The smallest absolute Gasteiger partial charge is 0.420 e. The largest absolute Gasteiger partial charge is 0.480 e. The van der Waals surface area contributed by atoms with Gasteiger partial charge in [0.2, 0.25) is 5.60 Å². The number of hydrogen-bond acceptors (Lipinski definition) is 4. The molecule has 0 spiro atoms. The first-order chi connectivity index (χ1) is 7.89. The van der Waals surface area contributed by atoms with Gasteiger partial charge in [0, 0.05) is 11.2 Å². The van der Waals surface area contributed by atoms with Gasteiger partial charge in [0.05, 0.1) is 5.04 Å². The van der Waals surface area contributed by atoms with Crippen molar-refractivity contribution in [3.05, 3.63) is 0 Å². The average Bonchev–Trinajstić information content (AvgIpc) is 2.14. The van der Waals surface area contributed by atoms with Crippen molar-refractivity contribution in [2.75, 3.05) is 5.75 Å². The first kappa shape index (κ1) is 15.3. The molecule has 0 fully saturated rings. The molecule has 0 saturated carbocycles. The predicted octanol–water partition coefficient (Wildman–Crippen LogP) is 1.92. The number of rotatable bonds is 1. The summed E-state index contributed by atoms with van der Waals surface area (Å²) in [5, 5.41) is 18.7. The lowest BCUT2D eigenvalue weighted by Crippen LogP contribution is -2.60. The zero-order valence-corrected chi connectivity index (χ0v) is 10.9. The van der Waals surface area contributed by atoms with E-state index >= 15 is 0 Å². The van der Waals surface area contributed by atoms with Gasteiger partial charge in [0.25, 0.3) is 0 Å². The van der Waals surface area contributed by atoms with Gasteiger partial charge in [-0.25, -0.2) is 4.79 Å². The molecule has 0 aromatic heterocycles. The van der Waals surface area contributed by atoms with E-state index in [9.17, 15) is 23.1 Å². The summed E-state index contributed by atoms with van der Waals surface area (Å²) >= 11 is 0.742. The average molecular weight is 285 g/mol. The second kappa shape index (κ2) is 4.41. The fraction of sp³-hybridized carbons (Fsp3) is 0.800. The van der Waals surface area contributed by atoms with Gasteiger partial charge in [0.1, 0.15) is 0 Å². The maximum Gasteiger partial charge on any atom is 0.420 e. The summed E-state index contributed by atoms with van der Waals surface area (Å²) < 4.78 is 38.3. The molecule has 104 valence electrons. The van der Waals surface area contributed by atoms with Gasteiger partial charge in [-0.3, -0.25) is 4.99 Å². The Morgan fingerprint density at radius 3 is 2.28 bits per heavy atom. The number of carbonyl (C=O) groups is 1. The second-order valence-corrected chi connectivity index (χ2v) is 6.10. The van der Waals surface area contributed by atoms with Gasteiger partial charge in [-0.1, -0.05) is 20.8 Å². The molecule has 1 aliphatic rings. The van der Waals surface area contributed by atoms with Gasteiger partial charge >= 0.3 is 12.1 Å². The van der Waals surface area contributed by atoms with Crippen LogP contribution in [0.2, 0.25) is 0 Å². The van der Waals surface area contributed by atoms with Crippen LogP contribution in [-0.4, -0.2) is 44.8 Å². The summed E-state index contributed by atoms with van der Waals surface area (Å²) in [6.45, 7) is 5.15. The minimum absolute atomic E-state index is 0.295. The second-order valence-electron chi connectivity index (χ2n) is 5.14. The zero-order valence-electron chi connectivity index (χ0n) is 10.1. The number of aliphatic hydroxyl groups is 1. The molecule has 1 heterocycles. The molecule has 0 radical (unpaired) electrons. The topological polar surface area (TPSA) is 69.9 Å². The van der Waals surface area contributed by atoms with Crippen LogP contribution in [0.1, 0.15) is 20.8 Å². The Balaban J connectivity index is 3.24. The van der Waals surface area contributed by atoms with Crippen molar-refractivity contribution in [2.24, 2.45) is 10.4 Å². The van der Waals surface area contributed by atoms with Crippen molar-refractivity contribution in [1.82, 2.24) is 0 Å². The minimum atomic E-state index is -5.03. The quantitative estimate of drug-likeness (QED) is 0.772. The first-order valence-corrected chi connectivity index (χ1v) is 6.11. The summed E-state index contributed by atoms with van der Waals surface area (Å²) in [6, 6.07) is -2.21. The molecule has 4 nitrogen and oxygen atoms in total. The van der Waals surface area contributed by atoms with Crippen molar-refractivity contribution in [3.8, 4) is 0 Å². The van der Waals surface area contributed by atoms with Crippen LogP contribution in [0.25, 0.3) is 0 Å². The highest BCUT2D eigenvalue weighted by molar-refractivity contribution is 8.14. The molecule has 0 saturated heterocycles. The fourth-order valence-electron chi connectivity index (χ4n) is 1.43. The number of aliphatic carboxylic acids is 1. The lowest BCUT2D eigenvalue weighted by Gasteiger charge is -2.38. The third kappa shape index (κ3) is 2.64. The van der Waals surface area contributed by atoms with Gasteiger partial charge < -0.3 is 10.2 Å². The van der Waals surface area contributed by atoms with Crippen LogP contribution in [-0.2, 0) is 4.79 Å². The highest BCUT2D eigenvalue weighted by Gasteiger charge is 2.63. The van der Waals surface area contributed by atoms with Crippen LogP contribution in [0.5, 0.6) is 0 Å². The summed E-state index contributed by atoms with van der Waals surface area (Å²) in [5.74, 6) is -2.54. The van der Waals surface area contributed by atoms with E-state index in [0.717, 1.165) is 11.8 Å². The molecule has 1 rings (SSSR count). The van der Waals surface area contributed by atoms with E-state index in [1.807, 2.05) is 0 Å². The molecular formula is C10H14F3NO3S. The van der Waals surface area contributed by atoms with Crippen LogP contribution >= 0.6 is 11.8 Å². The number of halogens is 3. The molecule has 8 heteroatoms. The van der Waals surface area contributed by atoms with Gasteiger partial charge in [-0.15, -0.1) is 11.8 Å². The Morgan fingerprint density at radius 1 is 1.44 bits per heavy atom. The standard InChI is InChI=1S/C10H14F3NO3S/c1-8(2,3)7-14-5(6(15)16)9(17,4-18-7)10(11,12)13/h5,17H,4H2,1-3H3,(H,15,16). The van der Waals surface area contributed by atoms with E-state index in [0.29, 0.717) is 5.04 Å². The molecule has 2 atom stereocenters. The fourth-order valence-corrected chi connectivity index (χ4v) is 2.72. The zero-order chi connectivity index (χ0) is 14.4. The molecule has 0 aromatic rings. The minimum Gasteiger partial charge on any atom is -0.480 e. The van der Waals surface area contributed by atoms with Gasteiger partial charge in [0.15, 0.2) is 6.04 Å². The Labute approximate surface area is 106 Å². The molecule has 0 amide bonds. The number of alkyl halides is 3. The Kier molecular flexibility index (Phi) is 3.75. The van der Waals surface area contributed by atoms with Crippen LogP contribution in [0, 0.1) is 5.41 Å². The maximum atomic E-state index is 12.8. The van der Waals surface area contributed by atoms with Crippen molar-refractivity contribution in [3.63, 3.8) is 0 Å². The lowest BCUT2D eigenvalue weighted by atomic mass is 9.93. The Morgan fingerprint density at radius 2 is 1.94 bits per heavy atom. The number of carboxylic acid groups (broad SMARTS) is 1. The normalized spacial score (nSPS) is 29.9. The van der Waals surface area contributed by atoms with E-state index in [4.69, 9.17) is 5.11 Å². The van der Waals surface area contributed by atoms with Crippen LogP contribution in [0.4, 0.5) is 13.2 Å². The number of aliphatic imine (C=N–C) groups is 1. The molecule has 2 unspecified atom stereocenters. The highest BCUT2D eigenvalue weighted by atomic mass is 32.2. The molecule has 0 aliphatic carbocycles. The van der Waals surface area contributed by atoms with E-state index in [1.165, 1.54) is 0 Å². The van der Waals surface area contributed by atoms with Crippen molar-refractivity contribution >= 4 is 22.8 Å². The molecule has 0 aromatic carbocycles. The number of carboxylic acids is 1. The third-order valence-corrected chi connectivity index (χ3v) is 4.07. The summed E-state index contributed by atoms with van der Waals surface area (Å²) in [5.41, 5.74) is -3.87. The predicted molar refractivity (Wildman–Crippen MR) is 61.8 cm³/mol. The SMILES string of the molecule is CC(C)(C)C1=NC(C(=O)O)C(O)(C(F)(F)F)CS1. The van der Waals surface area contributed by atoms with Crippen molar-refractivity contribution in [1.29, 1.82) is 0 Å². The van der Waals surface area contributed by atoms with E-state index in [-0.39, 0.29) is 0 Å². The molecule has 0 bridgehead atoms. The summed E-state index contributed by atoms with van der Waals surface area (Å²) in [4.78, 5) is 14.5. The van der Waals surface area contributed by atoms with E-state index in [1.54, 1.807) is 20.8 Å². The molecular weight excluding hydrogens is 271 g/mol. The maximum absolute atomic E-state index is 12.8. The summed E-state index contributed by atoms with van der Waals surface area (Å²) in [7, 11) is 0. The van der Waals surface area contributed by atoms with E-state index < -0.39 is 35.0 Å². The van der Waals surface area contributed by atoms with Crippen molar-refractivity contribution < 1.29 is 28.2 Å². The van der Waals surface area contributed by atoms with Gasteiger partial charge in [-0.05, 0) is 0 Å². The van der Waals surface area contributed by atoms with E-state index in [2.05, 4.69) is 4.99 Å². The molecule has 18 heavy (non-hydrogen) atoms. The Bertz CT molecular complexity index is 389. The summed E-state index contributed by atoms with van der Waals surface area (Å²) in [6.07, 6.45) is -5.03. The highest BCUT2D eigenvalue weighted by Crippen LogP contribution is 2.43. The van der Waals surface area contributed by atoms with Crippen LogP contribution < -0.4 is 0 Å². The third-order valence-electron chi connectivity index (χ3n) is 2.49. The number of hydrogen-bond donors (Lipinski definition) is 2. The Hall–Kier alpha value is -0.760. The molecule has 2 N–H and O–H groups in total. The number of thioether (sulfide) groups is 1.